The van der Waals surface area contributed by atoms with Crippen LogP contribution in [0.25, 0.3) is 0 Å². The molecule has 5 heteroatoms. The number of carbonyl (C=O) groups is 2. The Morgan fingerprint density at radius 1 is 1.10 bits per heavy atom. The van der Waals surface area contributed by atoms with Crippen molar-refractivity contribution in [1.29, 1.82) is 0 Å². The Morgan fingerprint density at radius 2 is 1.70 bits per heavy atom. The summed E-state index contributed by atoms with van der Waals surface area (Å²) in [6.07, 6.45) is -0.0289. The molecule has 0 aliphatic carbocycles. The minimum absolute atomic E-state index is 0.232. The molecule has 2 amide bonds. The van der Waals surface area contributed by atoms with Gasteiger partial charge in [0.05, 0.1) is 19.1 Å². The van der Waals surface area contributed by atoms with Crippen LogP contribution in [0.2, 0.25) is 0 Å². The van der Waals surface area contributed by atoms with Crippen LogP contribution in [0.5, 0.6) is 5.75 Å². The molecule has 1 aliphatic rings. The van der Waals surface area contributed by atoms with Crippen LogP contribution in [0.4, 0.5) is 4.79 Å². The van der Waals surface area contributed by atoms with Crippen molar-refractivity contribution in [3.63, 3.8) is 0 Å². The predicted molar refractivity (Wildman–Crippen MR) is 117 cm³/mol. The third-order valence-corrected chi connectivity index (χ3v) is 5.73. The summed E-state index contributed by atoms with van der Waals surface area (Å²) >= 11 is 0. The number of methoxy groups -OCH3 is 1. The summed E-state index contributed by atoms with van der Waals surface area (Å²) in [5.74, 6) is -0.00479. The number of hydrogen-bond acceptors (Lipinski definition) is 4. The molecule has 1 fully saturated rings. The highest BCUT2D eigenvalue weighted by molar-refractivity contribution is 5.98. The van der Waals surface area contributed by atoms with Gasteiger partial charge in [-0.15, -0.1) is 0 Å². The molecule has 0 unspecified atom stereocenters. The number of rotatable bonds is 5. The first-order chi connectivity index (χ1) is 14.0. The molecule has 0 bridgehead atoms. The summed E-state index contributed by atoms with van der Waals surface area (Å²) in [5.41, 5.74) is 0.744. The van der Waals surface area contributed by atoms with Crippen LogP contribution in [0, 0.1) is 5.41 Å². The summed E-state index contributed by atoms with van der Waals surface area (Å²) in [5, 5.41) is 0. The van der Waals surface area contributed by atoms with E-state index in [1.54, 1.807) is 7.11 Å². The number of imide groups is 1. The summed E-state index contributed by atoms with van der Waals surface area (Å²) < 4.78 is 10.9. The Labute approximate surface area is 179 Å². The fraction of sp³-hybridized carbons (Fsp3) is 0.440. The summed E-state index contributed by atoms with van der Waals surface area (Å²) in [6.45, 7) is 9.77. The smallest absolute Gasteiger partial charge is 0.417 e. The molecule has 2 atom stereocenters. The van der Waals surface area contributed by atoms with E-state index in [-0.39, 0.29) is 11.9 Å². The maximum atomic E-state index is 13.8. The Morgan fingerprint density at radius 3 is 2.23 bits per heavy atom. The van der Waals surface area contributed by atoms with E-state index in [9.17, 15) is 9.59 Å². The second-order valence-electron chi connectivity index (χ2n) is 9.46. The van der Waals surface area contributed by atoms with Crippen LogP contribution in [0.1, 0.15) is 51.7 Å². The molecule has 0 aromatic heterocycles. The van der Waals surface area contributed by atoms with Gasteiger partial charge >= 0.3 is 6.09 Å². The number of nitrogens with zero attached hydrogens (tertiary/aromatic N) is 1. The van der Waals surface area contributed by atoms with Gasteiger partial charge in [-0.1, -0.05) is 63.2 Å². The molecule has 0 radical (unpaired) electrons. The summed E-state index contributed by atoms with van der Waals surface area (Å²) in [7, 11) is 1.61. The summed E-state index contributed by atoms with van der Waals surface area (Å²) in [6, 6.07) is 17.0. The van der Waals surface area contributed by atoms with Crippen molar-refractivity contribution in [2.24, 2.45) is 5.41 Å². The number of amides is 2. The quantitative estimate of drug-likeness (QED) is 0.682. The fourth-order valence-corrected chi connectivity index (χ4v) is 4.15. The van der Waals surface area contributed by atoms with Crippen molar-refractivity contribution in [2.45, 2.75) is 58.6 Å². The molecule has 1 aliphatic heterocycles. The van der Waals surface area contributed by atoms with Gasteiger partial charge in [0.1, 0.15) is 11.4 Å². The highest BCUT2D eigenvalue weighted by Gasteiger charge is 2.53. The molecular weight excluding hydrogens is 378 g/mol. The topological polar surface area (TPSA) is 55.8 Å². The Bertz CT molecular complexity index is 897. The van der Waals surface area contributed by atoms with Crippen LogP contribution in [0.3, 0.4) is 0 Å². The lowest BCUT2D eigenvalue weighted by atomic mass is 9.75. The molecule has 0 saturated carbocycles. The maximum Gasteiger partial charge on any atom is 0.417 e. The average Bonchev–Trinajstić information content (AvgIpc) is 2.90. The van der Waals surface area contributed by atoms with Gasteiger partial charge in [-0.25, -0.2) is 9.69 Å². The van der Waals surface area contributed by atoms with E-state index >= 15 is 0 Å². The van der Waals surface area contributed by atoms with Gasteiger partial charge in [-0.05, 0) is 48.9 Å². The second-order valence-corrected chi connectivity index (χ2v) is 9.46. The highest BCUT2D eigenvalue weighted by Crippen LogP contribution is 2.41. The van der Waals surface area contributed by atoms with E-state index in [0.717, 1.165) is 16.9 Å². The molecule has 1 saturated heterocycles. The van der Waals surface area contributed by atoms with Gasteiger partial charge < -0.3 is 9.47 Å². The van der Waals surface area contributed by atoms with Crippen LogP contribution in [-0.4, -0.2) is 35.7 Å². The van der Waals surface area contributed by atoms with E-state index in [1.807, 2.05) is 89.2 Å². The molecule has 30 heavy (non-hydrogen) atoms. The van der Waals surface area contributed by atoms with Crippen molar-refractivity contribution in [2.75, 3.05) is 7.11 Å². The Hall–Kier alpha value is -2.82. The van der Waals surface area contributed by atoms with Gasteiger partial charge in [-0.2, -0.15) is 0 Å². The lowest BCUT2D eigenvalue weighted by Crippen LogP contribution is -2.49. The van der Waals surface area contributed by atoms with E-state index in [2.05, 4.69) is 0 Å². The van der Waals surface area contributed by atoms with E-state index in [4.69, 9.17) is 9.47 Å². The second kappa shape index (κ2) is 8.13. The van der Waals surface area contributed by atoms with Crippen molar-refractivity contribution in [3.05, 3.63) is 65.7 Å². The zero-order valence-electron chi connectivity index (χ0n) is 18.6. The number of hydrogen-bond donors (Lipinski definition) is 0. The molecule has 2 aromatic carbocycles. The normalized spacial score (nSPS) is 19.3. The monoisotopic (exact) mass is 409 g/mol. The zero-order chi connectivity index (χ0) is 22.1. The van der Waals surface area contributed by atoms with Crippen LogP contribution >= 0.6 is 0 Å². The number of ether oxygens (including phenoxy) is 2. The van der Waals surface area contributed by atoms with Crippen LogP contribution in [-0.2, 0) is 16.0 Å². The molecular formula is C25H31NO4. The molecule has 0 spiro atoms. The van der Waals surface area contributed by atoms with Crippen LogP contribution in [0.15, 0.2) is 54.6 Å². The number of benzene rings is 2. The molecule has 2 aromatic rings. The Balaban J connectivity index is 1.99. The van der Waals surface area contributed by atoms with Crippen molar-refractivity contribution < 1.29 is 19.1 Å². The first kappa shape index (κ1) is 21.9. The number of carbonyl (C=O) groups excluding carboxylic acids is 2. The predicted octanol–water partition coefficient (Wildman–Crippen LogP) is 5.19. The van der Waals surface area contributed by atoms with Crippen molar-refractivity contribution in [3.8, 4) is 5.75 Å². The lowest BCUT2D eigenvalue weighted by Gasteiger charge is -2.35. The third-order valence-electron chi connectivity index (χ3n) is 5.73. The minimum atomic E-state index is -0.773. The van der Waals surface area contributed by atoms with Crippen molar-refractivity contribution in [1.82, 2.24) is 4.90 Å². The highest BCUT2D eigenvalue weighted by atomic mass is 16.6. The van der Waals surface area contributed by atoms with Crippen molar-refractivity contribution >= 4 is 12.0 Å². The first-order valence-electron chi connectivity index (χ1n) is 10.3. The standard InChI is InChI=1S/C25H31NO4/c1-24(2,3)21(18-12-14-19(29-6)15-13-18)22(27)26-20(25(4,5)30-23(26)28)16-17-10-8-7-9-11-17/h7-15,20-21H,16H2,1-6H3/t20-,21-/m0/s1. The van der Waals surface area contributed by atoms with Gasteiger partial charge in [0.2, 0.25) is 5.91 Å². The summed E-state index contributed by atoms with van der Waals surface area (Å²) in [4.78, 5) is 28.0. The maximum absolute atomic E-state index is 13.8. The van der Waals surface area contributed by atoms with Gasteiger partial charge in [0.25, 0.3) is 0 Å². The van der Waals surface area contributed by atoms with E-state index < -0.39 is 23.0 Å². The molecule has 0 N–H and O–H groups in total. The molecule has 3 rings (SSSR count). The first-order valence-corrected chi connectivity index (χ1v) is 10.3. The zero-order valence-corrected chi connectivity index (χ0v) is 18.6. The third kappa shape index (κ3) is 4.35. The van der Waals surface area contributed by atoms with Gasteiger partial charge in [0.15, 0.2) is 0 Å². The largest absolute Gasteiger partial charge is 0.497 e. The van der Waals surface area contributed by atoms with E-state index in [1.165, 1.54) is 4.90 Å². The molecule has 1 heterocycles. The molecule has 160 valence electrons. The fourth-order valence-electron chi connectivity index (χ4n) is 4.15. The van der Waals surface area contributed by atoms with Gasteiger partial charge in [-0.3, -0.25) is 4.79 Å². The van der Waals surface area contributed by atoms with E-state index in [0.29, 0.717) is 6.42 Å². The van der Waals surface area contributed by atoms with Crippen LogP contribution < -0.4 is 4.74 Å². The average molecular weight is 410 g/mol. The SMILES string of the molecule is COc1ccc([C@@H](C(=O)N2C(=O)OC(C)(C)[C@@H]2Cc2ccccc2)C(C)(C)C)cc1. The minimum Gasteiger partial charge on any atom is -0.497 e. The van der Waals surface area contributed by atoms with Gasteiger partial charge in [0, 0.05) is 0 Å². The lowest BCUT2D eigenvalue weighted by molar-refractivity contribution is -0.133. The Kier molecular flexibility index (Phi) is 5.93. The molecule has 5 nitrogen and oxygen atoms in total. The number of cyclic esters (lactones) is 1.